The van der Waals surface area contributed by atoms with Crippen LogP contribution < -0.4 is 10.6 Å². The van der Waals surface area contributed by atoms with E-state index < -0.39 is 18.3 Å². The van der Waals surface area contributed by atoms with Crippen LogP contribution in [0.2, 0.25) is 0 Å². The fourth-order valence-corrected chi connectivity index (χ4v) is 2.62. The minimum absolute atomic E-state index is 0.278. The monoisotopic (exact) mass is 283 g/mol. The van der Waals surface area contributed by atoms with Crippen LogP contribution in [0.1, 0.15) is 18.7 Å². The lowest BCUT2D eigenvalue weighted by Gasteiger charge is -2.27. The smallest absolute Gasteiger partial charge is 0.375 e. The summed E-state index contributed by atoms with van der Waals surface area (Å²) >= 11 is 0.813. The van der Waals surface area contributed by atoms with Gasteiger partial charge in [-0.25, -0.2) is 4.98 Å². The number of thiazole rings is 1. The predicted octanol–water partition coefficient (Wildman–Crippen LogP) is 1.70. The van der Waals surface area contributed by atoms with E-state index in [-0.39, 0.29) is 4.88 Å². The van der Waals surface area contributed by atoms with Crippen molar-refractivity contribution in [1.82, 2.24) is 4.98 Å². The van der Waals surface area contributed by atoms with Gasteiger partial charge in [-0.1, -0.05) is 11.3 Å². The van der Waals surface area contributed by atoms with Gasteiger partial charge in [0.1, 0.15) is 0 Å². The molecule has 1 heterocycles. The molecule has 0 aliphatic heterocycles. The largest absolute Gasteiger partial charge is 0.423 e. The van der Waals surface area contributed by atoms with Gasteiger partial charge in [-0.3, -0.25) is 0 Å². The molecule has 0 bridgehead atoms. The van der Waals surface area contributed by atoms with Crippen molar-refractivity contribution in [3.05, 3.63) is 11.1 Å². The Balaban J connectivity index is 3.11. The van der Waals surface area contributed by atoms with Gasteiger partial charge in [-0.2, -0.15) is 13.2 Å². The Morgan fingerprint density at radius 2 is 1.94 bits per heavy atom. The molecule has 0 radical (unpaired) electrons. The second-order valence-corrected chi connectivity index (χ2v) is 4.75. The lowest BCUT2D eigenvalue weighted by Crippen LogP contribution is -2.47. The average molecular weight is 283 g/mol. The third-order valence-corrected chi connectivity index (χ3v) is 3.91. The van der Waals surface area contributed by atoms with Crippen molar-refractivity contribution in [2.45, 2.75) is 25.6 Å². The molecule has 1 aromatic rings. The number of alkyl halides is 3. The summed E-state index contributed by atoms with van der Waals surface area (Å²) in [7, 11) is 0. The third-order valence-electron chi connectivity index (χ3n) is 2.70. The summed E-state index contributed by atoms with van der Waals surface area (Å²) in [4.78, 5) is 5.44. The molecule has 104 valence electrons. The highest BCUT2D eigenvalue weighted by Crippen LogP contribution is 2.41. The molecule has 0 spiro atoms. The van der Waals surface area contributed by atoms with Crippen molar-refractivity contribution < 1.29 is 18.3 Å². The second kappa shape index (κ2) is 5.41. The van der Waals surface area contributed by atoms with Gasteiger partial charge in [0.15, 0.2) is 5.13 Å². The lowest BCUT2D eigenvalue weighted by molar-refractivity contribution is -0.260. The van der Waals surface area contributed by atoms with E-state index in [0.717, 1.165) is 17.5 Å². The van der Waals surface area contributed by atoms with Gasteiger partial charge in [-0.15, -0.1) is 0 Å². The minimum atomic E-state index is -4.81. The molecule has 1 rings (SSSR count). The maximum absolute atomic E-state index is 12.8. The fourth-order valence-electron chi connectivity index (χ4n) is 1.45. The first kappa shape index (κ1) is 15.2. The number of rotatable bonds is 5. The number of nitrogens with two attached hydrogens (primary N) is 1. The van der Waals surface area contributed by atoms with Crippen LogP contribution in [-0.2, 0) is 5.60 Å². The van der Waals surface area contributed by atoms with Gasteiger partial charge in [0.05, 0.1) is 4.88 Å². The third kappa shape index (κ3) is 2.60. The molecule has 0 amide bonds. The minimum Gasteiger partial charge on any atom is -0.375 e. The molecular weight excluding hydrogens is 267 g/mol. The van der Waals surface area contributed by atoms with Crippen LogP contribution in [-0.4, -0.2) is 35.9 Å². The molecule has 0 unspecified atom stereocenters. The first-order valence-corrected chi connectivity index (χ1v) is 6.32. The average Bonchev–Trinajstić information content (AvgIpc) is 2.78. The summed E-state index contributed by atoms with van der Waals surface area (Å²) in [6.45, 7) is 4.11. The highest BCUT2D eigenvalue weighted by molar-refractivity contribution is 7.15. The maximum atomic E-state index is 12.8. The van der Waals surface area contributed by atoms with E-state index in [0.29, 0.717) is 18.2 Å². The Bertz CT molecular complexity index is 392. The zero-order valence-electron chi connectivity index (χ0n) is 10.2. The summed E-state index contributed by atoms with van der Waals surface area (Å²) in [6.07, 6.45) is -3.77. The molecule has 3 N–H and O–H groups in total. The molecule has 0 saturated carbocycles. The first-order chi connectivity index (χ1) is 8.30. The number of anilines is 1. The second-order valence-electron chi connectivity index (χ2n) is 3.74. The van der Waals surface area contributed by atoms with Gasteiger partial charge in [0.2, 0.25) is 5.60 Å². The van der Waals surface area contributed by atoms with Crippen molar-refractivity contribution in [2.75, 3.05) is 24.5 Å². The number of nitrogens with zero attached hydrogens (tertiary/aromatic N) is 2. The van der Waals surface area contributed by atoms with E-state index >= 15 is 0 Å². The Kier molecular flexibility index (Phi) is 4.57. The van der Waals surface area contributed by atoms with Crippen LogP contribution in [0.4, 0.5) is 18.3 Å². The van der Waals surface area contributed by atoms with Gasteiger partial charge in [-0.05, 0) is 13.8 Å². The molecule has 0 fully saturated rings. The molecule has 4 nitrogen and oxygen atoms in total. The van der Waals surface area contributed by atoms with Crippen LogP contribution in [0.5, 0.6) is 0 Å². The van der Waals surface area contributed by atoms with Crippen LogP contribution in [0.15, 0.2) is 6.20 Å². The molecule has 0 aliphatic carbocycles. The summed E-state index contributed by atoms with van der Waals surface area (Å²) in [5.41, 5.74) is 2.05. The normalized spacial score (nSPS) is 15.5. The first-order valence-electron chi connectivity index (χ1n) is 5.50. The molecule has 0 saturated heterocycles. The quantitative estimate of drug-likeness (QED) is 0.863. The number of hydrogen-bond donors (Lipinski definition) is 2. The number of halogens is 3. The topological polar surface area (TPSA) is 62.4 Å². The van der Waals surface area contributed by atoms with E-state index in [1.165, 1.54) is 0 Å². The molecule has 1 aromatic heterocycles. The Hall–Kier alpha value is -0.860. The van der Waals surface area contributed by atoms with E-state index in [2.05, 4.69) is 4.98 Å². The highest BCUT2D eigenvalue weighted by atomic mass is 32.1. The van der Waals surface area contributed by atoms with Crippen LogP contribution in [0.25, 0.3) is 0 Å². The van der Waals surface area contributed by atoms with Crippen molar-refractivity contribution in [1.29, 1.82) is 0 Å². The molecular formula is C10H16F3N3OS. The lowest BCUT2D eigenvalue weighted by atomic mass is 10.0. The van der Waals surface area contributed by atoms with E-state index in [1.54, 1.807) is 0 Å². The van der Waals surface area contributed by atoms with Gasteiger partial charge in [0.25, 0.3) is 0 Å². The summed E-state index contributed by atoms with van der Waals surface area (Å²) in [5.74, 6) is 0. The number of aliphatic hydroxyl groups is 1. The van der Waals surface area contributed by atoms with E-state index in [1.807, 2.05) is 18.7 Å². The molecule has 18 heavy (non-hydrogen) atoms. The van der Waals surface area contributed by atoms with Crippen LogP contribution in [0.3, 0.4) is 0 Å². The molecule has 8 heteroatoms. The number of aromatic nitrogens is 1. The van der Waals surface area contributed by atoms with Crippen molar-refractivity contribution >= 4 is 16.5 Å². The Morgan fingerprint density at radius 1 is 1.39 bits per heavy atom. The molecule has 1 atom stereocenters. The molecule has 0 aromatic carbocycles. The maximum Gasteiger partial charge on any atom is 0.423 e. The Morgan fingerprint density at radius 3 is 2.33 bits per heavy atom. The molecule has 0 aliphatic rings. The standard InChI is InChI=1S/C10H16F3N3OS/c1-3-16(4-2)8-15-5-7(18-8)9(17,6-14)10(11,12)13/h5,17H,3-4,6,14H2,1-2H3/t9-/m1/s1. The predicted molar refractivity (Wildman–Crippen MR) is 64.7 cm³/mol. The van der Waals surface area contributed by atoms with Crippen molar-refractivity contribution in [3.63, 3.8) is 0 Å². The fraction of sp³-hybridized carbons (Fsp3) is 0.700. The van der Waals surface area contributed by atoms with Crippen molar-refractivity contribution in [3.8, 4) is 0 Å². The zero-order valence-corrected chi connectivity index (χ0v) is 11.0. The summed E-state index contributed by atoms with van der Waals surface area (Å²) in [5, 5.41) is 10.1. The SMILES string of the molecule is CCN(CC)c1ncc([C@](O)(CN)C(F)(F)F)s1. The summed E-state index contributed by atoms with van der Waals surface area (Å²) < 4.78 is 38.4. The van der Waals surface area contributed by atoms with E-state index in [4.69, 9.17) is 5.73 Å². The van der Waals surface area contributed by atoms with Crippen LogP contribution in [0, 0.1) is 0 Å². The van der Waals surface area contributed by atoms with Gasteiger partial charge < -0.3 is 15.7 Å². The number of hydrogen-bond acceptors (Lipinski definition) is 5. The Labute approximate surface area is 107 Å². The van der Waals surface area contributed by atoms with Gasteiger partial charge >= 0.3 is 6.18 Å². The van der Waals surface area contributed by atoms with Gasteiger partial charge in [0, 0.05) is 25.8 Å². The van der Waals surface area contributed by atoms with E-state index in [9.17, 15) is 18.3 Å². The zero-order chi connectivity index (χ0) is 14.0. The van der Waals surface area contributed by atoms with Crippen LogP contribution >= 0.6 is 11.3 Å². The van der Waals surface area contributed by atoms with Crippen molar-refractivity contribution in [2.24, 2.45) is 5.73 Å². The summed E-state index contributed by atoms with van der Waals surface area (Å²) in [6, 6.07) is 0. The highest BCUT2D eigenvalue weighted by Gasteiger charge is 2.55.